The molecule has 5 nitrogen and oxygen atoms in total. The molecule has 2 heterocycles. The quantitative estimate of drug-likeness (QED) is 0.380. The van der Waals surface area contributed by atoms with Crippen LogP contribution in [0.25, 0.3) is 10.9 Å². The highest BCUT2D eigenvalue weighted by molar-refractivity contribution is 7.99. The Balaban J connectivity index is 1.46. The molecular formula is C26H32ClN3O2S. The Kier molecular flexibility index (Phi) is 7.89. The molecule has 0 bridgehead atoms. The van der Waals surface area contributed by atoms with Crippen LogP contribution in [0.15, 0.2) is 52.3 Å². The number of hydrogen-bond acceptors (Lipinski definition) is 4. The number of nitrogens with zero attached hydrogens (tertiary/aromatic N) is 1. The van der Waals surface area contributed by atoms with Crippen molar-refractivity contribution in [3.63, 3.8) is 0 Å². The van der Waals surface area contributed by atoms with Crippen LogP contribution in [0.4, 0.5) is 0 Å². The summed E-state index contributed by atoms with van der Waals surface area (Å²) in [6.07, 6.45) is 2.26. The molecule has 33 heavy (non-hydrogen) atoms. The van der Waals surface area contributed by atoms with Gasteiger partial charge in [-0.2, -0.15) is 0 Å². The third-order valence-electron chi connectivity index (χ3n) is 6.10. The molecule has 2 unspecified atom stereocenters. The van der Waals surface area contributed by atoms with Crippen molar-refractivity contribution in [3.8, 4) is 5.75 Å². The summed E-state index contributed by atoms with van der Waals surface area (Å²) in [6, 6.07) is 13.5. The smallest absolute Gasteiger partial charge is 0.268 e. The molecule has 176 valence electrons. The van der Waals surface area contributed by atoms with Gasteiger partial charge in [0.05, 0.1) is 17.5 Å². The first-order valence-electron chi connectivity index (χ1n) is 11.6. The zero-order chi connectivity index (χ0) is 23.4. The lowest BCUT2D eigenvalue weighted by atomic mass is 9.92. The van der Waals surface area contributed by atoms with E-state index in [1.54, 1.807) is 18.9 Å². The number of nitrogens with one attached hydrogen (secondary N) is 2. The summed E-state index contributed by atoms with van der Waals surface area (Å²) in [6.45, 7) is 8.64. The maximum absolute atomic E-state index is 13.2. The third kappa shape index (κ3) is 6.05. The van der Waals surface area contributed by atoms with Crippen LogP contribution < -0.4 is 10.1 Å². The van der Waals surface area contributed by atoms with Crippen LogP contribution in [-0.4, -0.2) is 49.1 Å². The lowest BCUT2D eigenvalue weighted by molar-refractivity contribution is 0.0940. The lowest BCUT2D eigenvalue weighted by Gasteiger charge is -2.34. The summed E-state index contributed by atoms with van der Waals surface area (Å²) in [5.41, 5.74) is 1.46. The van der Waals surface area contributed by atoms with Gasteiger partial charge in [0, 0.05) is 41.0 Å². The molecule has 2 atom stereocenters. The highest BCUT2D eigenvalue weighted by Gasteiger charge is 2.22. The summed E-state index contributed by atoms with van der Waals surface area (Å²) in [5, 5.41) is 4.81. The SMILES string of the molecule is COc1ccc2c(Sc3ccc(Cl)cc3)c(C(=O)NCCCN3CC(C)CC(C)C3)[nH]c2c1. The maximum Gasteiger partial charge on any atom is 0.268 e. The van der Waals surface area contributed by atoms with E-state index >= 15 is 0 Å². The molecule has 1 saturated heterocycles. The first-order chi connectivity index (χ1) is 15.9. The van der Waals surface area contributed by atoms with Crippen LogP contribution in [0.5, 0.6) is 5.75 Å². The zero-order valence-electron chi connectivity index (χ0n) is 19.5. The highest BCUT2D eigenvalue weighted by atomic mass is 35.5. The summed E-state index contributed by atoms with van der Waals surface area (Å²) < 4.78 is 5.37. The largest absolute Gasteiger partial charge is 0.497 e. The average Bonchev–Trinajstić information content (AvgIpc) is 3.15. The van der Waals surface area contributed by atoms with Crippen LogP contribution in [0.2, 0.25) is 5.02 Å². The number of aromatic amines is 1. The molecular weight excluding hydrogens is 454 g/mol. The number of carbonyl (C=O) groups excluding carboxylic acids is 1. The van der Waals surface area contributed by atoms with E-state index in [9.17, 15) is 4.79 Å². The molecule has 7 heteroatoms. The monoisotopic (exact) mass is 485 g/mol. The number of fused-ring (bicyclic) bond motifs is 1. The van der Waals surface area contributed by atoms with Crippen LogP contribution in [0.1, 0.15) is 37.2 Å². The van der Waals surface area contributed by atoms with Crippen LogP contribution in [0.3, 0.4) is 0 Å². The molecule has 2 aromatic carbocycles. The Morgan fingerprint density at radius 3 is 2.61 bits per heavy atom. The van der Waals surface area contributed by atoms with Gasteiger partial charge in [-0.15, -0.1) is 0 Å². The van der Waals surface area contributed by atoms with Gasteiger partial charge in [0.15, 0.2) is 0 Å². The van der Waals surface area contributed by atoms with Gasteiger partial charge in [-0.25, -0.2) is 0 Å². The first-order valence-corrected chi connectivity index (χ1v) is 12.8. The average molecular weight is 486 g/mol. The molecule has 1 aliphatic rings. The Labute approximate surface area is 205 Å². The molecule has 0 spiro atoms. The van der Waals surface area contributed by atoms with Crippen molar-refractivity contribution in [2.45, 2.75) is 36.5 Å². The molecule has 1 amide bonds. The number of H-pyrrole nitrogens is 1. The number of halogens is 1. The molecule has 0 saturated carbocycles. The molecule has 2 N–H and O–H groups in total. The molecule has 0 aliphatic carbocycles. The number of carbonyl (C=O) groups is 1. The number of piperidine rings is 1. The zero-order valence-corrected chi connectivity index (χ0v) is 21.1. The fraction of sp³-hybridized carbons (Fsp3) is 0.423. The Bertz CT molecular complexity index is 1090. The molecule has 1 fully saturated rings. The second-order valence-corrected chi connectivity index (χ2v) is 10.6. The number of hydrogen-bond donors (Lipinski definition) is 2. The molecule has 1 aliphatic heterocycles. The van der Waals surface area contributed by atoms with Crippen molar-refractivity contribution in [3.05, 3.63) is 53.2 Å². The van der Waals surface area contributed by atoms with E-state index in [1.807, 2.05) is 42.5 Å². The van der Waals surface area contributed by atoms with E-state index in [-0.39, 0.29) is 5.91 Å². The highest BCUT2D eigenvalue weighted by Crippen LogP contribution is 2.38. The number of benzene rings is 2. The number of likely N-dealkylation sites (tertiary alicyclic amines) is 1. The van der Waals surface area contributed by atoms with Gasteiger partial charge in [-0.05, 0) is 67.6 Å². The number of ether oxygens (including phenoxy) is 1. The van der Waals surface area contributed by atoms with Crippen molar-refractivity contribution >= 4 is 40.2 Å². The van der Waals surface area contributed by atoms with Crippen LogP contribution in [0, 0.1) is 11.8 Å². The second kappa shape index (κ2) is 10.9. The van der Waals surface area contributed by atoms with Gasteiger partial charge < -0.3 is 19.9 Å². The normalized spacial score (nSPS) is 19.0. The van der Waals surface area contributed by atoms with Gasteiger partial charge in [0.1, 0.15) is 11.4 Å². The molecule has 4 rings (SSSR count). The third-order valence-corrected chi connectivity index (χ3v) is 7.49. The number of amides is 1. The second-order valence-electron chi connectivity index (χ2n) is 9.11. The minimum Gasteiger partial charge on any atom is -0.497 e. The van der Waals surface area contributed by atoms with E-state index in [2.05, 4.69) is 29.0 Å². The Morgan fingerprint density at radius 1 is 1.18 bits per heavy atom. The summed E-state index contributed by atoms with van der Waals surface area (Å²) in [7, 11) is 1.64. The number of methoxy groups -OCH3 is 1. The maximum atomic E-state index is 13.2. The van der Waals surface area contributed by atoms with E-state index in [0.717, 1.165) is 64.3 Å². The summed E-state index contributed by atoms with van der Waals surface area (Å²) >= 11 is 7.61. The van der Waals surface area contributed by atoms with Gasteiger partial charge in [0.25, 0.3) is 5.91 Å². The van der Waals surface area contributed by atoms with Crippen molar-refractivity contribution in [2.24, 2.45) is 11.8 Å². The summed E-state index contributed by atoms with van der Waals surface area (Å²) in [5.74, 6) is 2.17. The predicted molar refractivity (Wildman–Crippen MR) is 137 cm³/mol. The number of aromatic nitrogens is 1. The molecule has 1 aromatic heterocycles. The lowest BCUT2D eigenvalue weighted by Crippen LogP contribution is -2.40. The summed E-state index contributed by atoms with van der Waals surface area (Å²) in [4.78, 5) is 21.0. The van der Waals surface area contributed by atoms with Gasteiger partial charge in [-0.1, -0.05) is 37.2 Å². The van der Waals surface area contributed by atoms with Crippen molar-refractivity contribution in [2.75, 3.05) is 33.3 Å². The van der Waals surface area contributed by atoms with E-state index < -0.39 is 0 Å². The Morgan fingerprint density at radius 2 is 1.91 bits per heavy atom. The van der Waals surface area contributed by atoms with E-state index in [0.29, 0.717) is 17.3 Å². The molecule has 3 aromatic rings. The van der Waals surface area contributed by atoms with Crippen molar-refractivity contribution in [1.29, 1.82) is 0 Å². The fourth-order valence-electron chi connectivity index (χ4n) is 4.73. The first kappa shape index (κ1) is 24.0. The van der Waals surface area contributed by atoms with E-state index in [1.165, 1.54) is 6.42 Å². The minimum absolute atomic E-state index is 0.0815. The predicted octanol–water partition coefficient (Wildman–Crippen LogP) is 6.08. The van der Waals surface area contributed by atoms with E-state index in [4.69, 9.17) is 16.3 Å². The van der Waals surface area contributed by atoms with Crippen LogP contribution >= 0.6 is 23.4 Å². The minimum atomic E-state index is -0.0815. The van der Waals surface area contributed by atoms with Gasteiger partial charge in [-0.3, -0.25) is 4.79 Å². The van der Waals surface area contributed by atoms with Crippen molar-refractivity contribution < 1.29 is 9.53 Å². The van der Waals surface area contributed by atoms with Gasteiger partial charge >= 0.3 is 0 Å². The topological polar surface area (TPSA) is 57.4 Å². The fourth-order valence-corrected chi connectivity index (χ4v) is 5.90. The van der Waals surface area contributed by atoms with Gasteiger partial charge in [0.2, 0.25) is 0 Å². The standard InChI is InChI=1S/C26H32ClN3O2S/c1-17-13-18(2)16-30(15-17)12-4-11-28-26(31)24-25(33-21-8-5-19(27)6-9-21)22-10-7-20(32-3)14-23(22)29-24/h5-10,14,17-18,29H,4,11-13,15-16H2,1-3H3,(H,28,31). The molecule has 0 radical (unpaired) electrons. The Hall–Kier alpha value is -2.15. The number of rotatable bonds is 8. The van der Waals surface area contributed by atoms with Crippen molar-refractivity contribution in [1.82, 2.24) is 15.2 Å². The van der Waals surface area contributed by atoms with Crippen LogP contribution in [-0.2, 0) is 0 Å².